The Labute approximate surface area is 124 Å². The summed E-state index contributed by atoms with van der Waals surface area (Å²) in [6, 6.07) is 0.392. The van der Waals surface area contributed by atoms with Crippen LogP contribution in [0.15, 0.2) is 4.52 Å². The molecule has 2 aliphatic rings. The average molecular weight is 291 g/mol. The fourth-order valence-electron chi connectivity index (χ4n) is 2.99. The summed E-state index contributed by atoms with van der Waals surface area (Å²) in [5, 5.41) is 3.91. The molecule has 1 aliphatic heterocycles. The minimum Gasteiger partial charge on any atom is -0.361 e. The minimum absolute atomic E-state index is 0.0338. The molecule has 3 rings (SSSR count). The first-order valence-electron chi connectivity index (χ1n) is 7.43. The molecular formula is C15H21N3O3. The summed E-state index contributed by atoms with van der Waals surface area (Å²) in [7, 11) is 1.78. The van der Waals surface area contributed by atoms with Crippen molar-refractivity contribution in [2.45, 2.75) is 45.7 Å². The fourth-order valence-corrected chi connectivity index (χ4v) is 2.99. The number of nitrogens with zero attached hydrogens (tertiary/aromatic N) is 3. The predicted molar refractivity (Wildman–Crippen MR) is 75.3 cm³/mol. The molecule has 1 aliphatic carbocycles. The molecule has 2 heterocycles. The Balaban J connectivity index is 1.64. The van der Waals surface area contributed by atoms with Gasteiger partial charge in [0.05, 0.1) is 18.2 Å². The first-order chi connectivity index (χ1) is 9.97. The molecule has 1 aromatic heterocycles. The Kier molecular flexibility index (Phi) is 3.47. The lowest BCUT2D eigenvalue weighted by molar-refractivity contribution is -0.135. The molecule has 114 valence electrons. The van der Waals surface area contributed by atoms with E-state index in [4.69, 9.17) is 4.52 Å². The van der Waals surface area contributed by atoms with E-state index in [1.165, 1.54) is 0 Å². The van der Waals surface area contributed by atoms with Gasteiger partial charge < -0.3 is 14.3 Å². The highest BCUT2D eigenvalue weighted by Crippen LogP contribution is 2.33. The Morgan fingerprint density at radius 1 is 1.43 bits per heavy atom. The number of amides is 2. The van der Waals surface area contributed by atoms with E-state index in [-0.39, 0.29) is 17.7 Å². The summed E-state index contributed by atoms with van der Waals surface area (Å²) in [6.07, 6.45) is 2.52. The summed E-state index contributed by atoms with van der Waals surface area (Å²) in [4.78, 5) is 28.0. The highest BCUT2D eigenvalue weighted by molar-refractivity contribution is 5.89. The van der Waals surface area contributed by atoms with Crippen molar-refractivity contribution in [1.82, 2.24) is 15.0 Å². The van der Waals surface area contributed by atoms with Crippen molar-refractivity contribution in [2.24, 2.45) is 5.92 Å². The van der Waals surface area contributed by atoms with E-state index in [0.717, 1.165) is 29.9 Å². The molecule has 1 aromatic rings. The summed E-state index contributed by atoms with van der Waals surface area (Å²) >= 11 is 0. The monoisotopic (exact) mass is 291 g/mol. The lowest BCUT2D eigenvalue weighted by atomic mass is 10.1. The number of carbonyl (C=O) groups is 2. The number of carbonyl (C=O) groups excluding carboxylic acids is 2. The van der Waals surface area contributed by atoms with Gasteiger partial charge in [0.25, 0.3) is 0 Å². The number of hydrogen-bond donors (Lipinski definition) is 0. The zero-order valence-electron chi connectivity index (χ0n) is 12.8. The maximum atomic E-state index is 12.5. The number of rotatable bonds is 4. The second-order valence-electron chi connectivity index (χ2n) is 6.18. The third-order valence-electron chi connectivity index (χ3n) is 4.45. The fraction of sp³-hybridized carbons (Fsp3) is 0.667. The second-order valence-corrected chi connectivity index (χ2v) is 6.18. The zero-order valence-corrected chi connectivity index (χ0v) is 12.8. The molecule has 0 spiro atoms. The zero-order chi connectivity index (χ0) is 15.1. The molecule has 0 radical (unpaired) electrons. The van der Waals surface area contributed by atoms with Crippen LogP contribution in [-0.4, -0.2) is 46.4 Å². The third-order valence-corrected chi connectivity index (χ3v) is 4.45. The van der Waals surface area contributed by atoms with Crippen LogP contribution in [0.5, 0.6) is 0 Å². The first kappa shape index (κ1) is 14.1. The highest BCUT2D eigenvalue weighted by Gasteiger charge is 2.42. The van der Waals surface area contributed by atoms with E-state index >= 15 is 0 Å². The minimum atomic E-state index is -0.205. The lowest BCUT2D eigenvalue weighted by Gasteiger charge is -2.21. The second kappa shape index (κ2) is 5.16. The van der Waals surface area contributed by atoms with Crippen molar-refractivity contribution in [2.75, 3.05) is 13.6 Å². The van der Waals surface area contributed by atoms with Crippen LogP contribution in [0, 0.1) is 19.8 Å². The van der Waals surface area contributed by atoms with Crippen LogP contribution in [0.4, 0.5) is 0 Å². The van der Waals surface area contributed by atoms with Gasteiger partial charge in [0, 0.05) is 31.6 Å². The first-order valence-corrected chi connectivity index (χ1v) is 7.43. The van der Waals surface area contributed by atoms with Crippen molar-refractivity contribution >= 4 is 11.8 Å². The topological polar surface area (TPSA) is 66.7 Å². The summed E-state index contributed by atoms with van der Waals surface area (Å²) in [5.74, 6) is 0.700. The summed E-state index contributed by atoms with van der Waals surface area (Å²) in [5.41, 5.74) is 1.77. The molecule has 0 N–H and O–H groups in total. The van der Waals surface area contributed by atoms with Crippen molar-refractivity contribution < 1.29 is 14.1 Å². The van der Waals surface area contributed by atoms with Crippen LogP contribution < -0.4 is 0 Å². The quantitative estimate of drug-likeness (QED) is 0.837. The molecule has 0 unspecified atom stereocenters. The van der Waals surface area contributed by atoms with Crippen molar-refractivity contribution in [1.29, 1.82) is 0 Å². The number of aryl methyl sites for hydroxylation is 2. The SMILES string of the molecule is Cc1noc(C)c1CN(C)C(=O)[C@H]1CC(=O)N(C2CC2)C1. The van der Waals surface area contributed by atoms with Crippen LogP contribution in [0.3, 0.4) is 0 Å². The Hall–Kier alpha value is -1.85. The van der Waals surface area contributed by atoms with E-state index in [0.29, 0.717) is 25.6 Å². The molecule has 2 amide bonds. The molecule has 2 fully saturated rings. The smallest absolute Gasteiger partial charge is 0.228 e. The van der Waals surface area contributed by atoms with Gasteiger partial charge in [-0.25, -0.2) is 0 Å². The van der Waals surface area contributed by atoms with Crippen LogP contribution in [0.2, 0.25) is 0 Å². The molecule has 0 bridgehead atoms. The number of hydrogen-bond acceptors (Lipinski definition) is 4. The van der Waals surface area contributed by atoms with E-state index in [9.17, 15) is 9.59 Å². The van der Waals surface area contributed by atoms with E-state index < -0.39 is 0 Å². The van der Waals surface area contributed by atoms with Gasteiger partial charge in [-0.05, 0) is 26.7 Å². The largest absolute Gasteiger partial charge is 0.361 e. The molecule has 21 heavy (non-hydrogen) atoms. The van der Waals surface area contributed by atoms with Crippen LogP contribution >= 0.6 is 0 Å². The number of aromatic nitrogens is 1. The standard InChI is InChI=1S/C15H21N3O3/c1-9-13(10(2)21-16-9)8-17(3)15(20)11-6-14(19)18(7-11)12-4-5-12/h11-12H,4-8H2,1-3H3/t11-/m0/s1. The molecule has 1 saturated carbocycles. The van der Waals surface area contributed by atoms with Crippen molar-refractivity contribution in [3.63, 3.8) is 0 Å². The summed E-state index contributed by atoms with van der Waals surface area (Å²) in [6.45, 7) is 4.78. The van der Waals surface area contributed by atoms with Gasteiger partial charge in [-0.1, -0.05) is 5.16 Å². The van der Waals surface area contributed by atoms with Crippen LogP contribution in [-0.2, 0) is 16.1 Å². The Morgan fingerprint density at radius 2 is 2.14 bits per heavy atom. The number of likely N-dealkylation sites (tertiary alicyclic amines) is 1. The average Bonchev–Trinajstić information content (AvgIpc) is 3.16. The van der Waals surface area contributed by atoms with Gasteiger partial charge in [0.1, 0.15) is 5.76 Å². The Bertz CT molecular complexity index is 557. The maximum absolute atomic E-state index is 12.5. The van der Waals surface area contributed by atoms with Crippen LogP contribution in [0.1, 0.15) is 36.3 Å². The van der Waals surface area contributed by atoms with Gasteiger partial charge in [-0.3, -0.25) is 9.59 Å². The van der Waals surface area contributed by atoms with Crippen LogP contribution in [0.25, 0.3) is 0 Å². The van der Waals surface area contributed by atoms with Gasteiger partial charge in [0.15, 0.2) is 0 Å². The van der Waals surface area contributed by atoms with Gasteiger partial charge >= 0.3 is 0 Å². The lowest BCUT2D eigenvalue weighted by Crippen LogP contribution is -2.35. The van der Waals surface area contributed by atoms with Gasteiger partial charge in [-0.15, -0.1) is 0 Å². The molecule has 1 saturated heterocycles. The van der Waals surface area contributed by atoms with Crippen molar-refractivity contribution in [3.05, 3.63) is 17.0 Å². The van der Waals surface area contributed by atoms with Gasteiger partial charge in [0.2, 0.25) is 11.8 Å². The molecule has 0 aromatic carbocycles. The van der Waals surface area contributed by atoms with Gasteiger partial charge in [-0.2, -0.15) is 0 Å². The van der Waals surface area contributed by atoms with Crippen molar-refractivity contribution in [3.8, 4) is 0 Å². The molecule has 1 atom stereocenters. The molecule has 6 nitrogen and oxygen atoms in total. The molecule has 6 heteroatoms. The van der Waals surface area contributed by atoms with E-state index in [2.05, 4.69) is 5.16 Å². The highest BCUT2D eigenvalue weighted by atomic mass is 16.5. The van der Waals surface area contributed by atoms with E-state index in [1.54, 1.807) is 11.9 Å². The normalized spacial score (nSPS) is 22.0. The van der Waals surface area contributed by atoms with E-state index in [1.807, 2.05) is 18.7 Å². The third kappa shape index (κ3) is 2.66. The predicted octanol–water partition coefficient (Wildman–Crippen LogP) is 1.26. The summed E-state index contributed by atoms with van der Waals surface area (Å²) < 4.78 is 5.12. The maximum Gasteiger partial charge on any atom is 0.228 e. The molecular weight excluding hydrogens is 270 g/mol. The Morgan fingerprint density at radius 3 is 2.71 bits per heavy atom.